The monoisotopic (exact) mass is 211 g/mol. The number of hydrazine groups is 1. The van der Waals surface area contributed by atoms with E-state index >= 15 is 0 Å². The topological polar surface area (TPSA) is 72.5 Å². The lowest BCUT2D eigenvalue weighted by atomic mass is 10.4. The van der Waals surface area contributed by atoms with Gasteiger partial charge in [0.15, 0.2) is 0 Å². The number of ether oxygens (including phenoxy) is 2. The average Bonchev–Trinajstić information content (AvgIpc) is 2.28. The number of nitrogens with zero attached hydrogens (tertiary/aromatic N) is 1. The molecule has 0 aliphatic rings. The third-order valence-electron chi connectivity index (χ3n) is 1.49. The third-order valence-corrected chi connectivity index (χ3v) is 1.49. The Bertz CT molecular complexity index is 292. The first-order chi connectivity index (χ1) is 7.33. The van der Waals surface area contributed by atoms with Crippen LogP contribution in [-0.2, 0) is 9.47 Å². The smallest absolute Gasteiger partial charge is 0.426 e. The molecule has 6 nitrogen and oxygen atoms in total. The fraction of sp³-hybridized carbons (Fsp3) is 0.333. The molecule has 1 amide bonds. The van der Waals surface area contributed by atoms with Crippen molar-refractivity contribution in [2.75, 3.05) is 25.7 Å². The number of methoxy groups -OCH3 is 1. The normalized spacial score (nSPS) is 9.40. The Balaban J connectivity index is 2.17. The van der Waals surface area contributed by atoms with Crippen molar-refractivity contribution in [3.8, 4) is 0 Å². The van der Waals surface area contributed by atoms with E-state index in [2.05, 4.69) is 15.8 Å². The van der Waals surface area contributed by atoms with E-state index in [1.807, 2.05) is 0 Å². The molecule has 0 aromatic carbocycles. The molecule has 1 aromatic rings. The van der Waals surface area contributed by atoms with E-state index in [-0.39, 0.29) is 6.61 Å². The van der Waals surface area contributed by atoms with E-state index in [1.54, 1.807) is 24.5 Å². The molecule has 6 heteroatoms. The molecule has 2 N–H and O–H groups in total. The molecule has 0 aliphatic carbocycles. The summed E-state index contributed by atoms with van der Waals surface area (Å²) in [7, 11) is 1.54. The van der Waals surface area contributed by atoms with Crippen LogP contribution in [0.3, 0.4) is 0 Å². The summed E-state index contributed by atoms with van der Waals surface area (Å²) in [4.78, 5) is 14.9. The maximum absolute atomic E-state index is 11.0. The molecule has 0 atom stereocenters. The second-order valence-corrected chi connectivity index (χ2v) is 2.62. The Kier molecular flexibility index (Phi) is 4.96. The van der Waals surface area contributed by atoms with Gasteiger partial charge >= 0.3 is 6.09 Å². The highest BCUT2D eigenvalue weighted by molar-refractivity contribution is 5.69. The van der Waals surface area contributed by atoms with E-state index in [1.165, 1.54) is 7.11 Å². The van der Waals surface area contributed by atoms with Crippen LogP contribution in [0.1, 0.15) is 0 Å². The molecule has 0 bridgehead atoms. The Morgan fingerprint density at radius 3 is 3.07 bits per heavy atom. The summed E-state index contributed by atoms with van der Waals surface area (Å²) >= 11 is 0. The molecule has 0 spiro atoms. The molecule has 1 aromatic heterocycles. The molecule has 1 heterocycles. The molecule has 82 valence electrons. The van der Waals surface area contributed by atoms with Crippen molar-refractivity contribution in [2.45, 2.75) is 0 Å². The van der Waals surface area contributed by atoms with Crippen LogP contribution < -0.4 is 10.9 Å². The summed E-state index contributed by atoms with van der Waals surface area (Å²) in [6, 6.07) is 3.52. The van der Waals surface area contributed by atoms with Gasteiger partial charge in [-0.2, -0.15) is 0 Å². The fourth-order valence-electron chi connectivity index (χ4n) is 0.814. The van der Waals surface area contributed by atoms with Crippen molar-refractivity contribution in [1.29, 1.82) is 0 Å². The maximum atomic E-state index is 11.0. The van der Waals surface area contributed by atoms with Crippen LogP contribution in [0.4, 0.5) is 10.5 Å². The SMILES string of the molecule is COCCOC(=O)NNc1cccnc1. The van der Waals surface area contributed by atoms with Crippen molar-refractivity contribution in [3.63, 3.8) is 0 Å². The lowest BCUT2D eigenvalue weighted by Crippen LogP contribution is -2.30. The first-order valence-corrected chi connectivity index (χ1v) is 4.40. The molecule has 0 radical (unpaired) electrons. The number of hydrogen-bond donors (Lipinski definition) is 2. The number of carbonyl (C=O) groups excluding carboxylic acids is 1. The highest BCUT2D eigenvalue weighted by Gasteiger charge is 1.99. The quantitative estimate of drug-likeness (QED) is 0.556. The second-order valence-electron chi connectivity index (χ2n) is 2.62. The summed E-state index contributed by atoms with van der Waals surface area (Å²) in [5.74, 6) is 0. The van der Waals surface area contributed by atoms with Gasteiger partial charge in [0.2, 0.25) is 0 Å². The van der Waals surface area contributed by atoms with Gasteiger partial charge in [0, 0.05) is 13.3 Å². The number of amides is 1. The van der Waals surface area contributed by atoms with Crippen LogP contribution in [0.25, 0.3) is 0 Å². The van der Waals surface area contributed by atoms with Gasteiger partial charge in [-0.05, 0) is 12.1 Å². The number of hydrogen-bond acceptors (Lipinski definition) is 5. The van der Waals surface area contributed by atoms with Crippen LogP contribution in [0, 0.1) is 0 Å². The van der Waals surface area contributed by atoms with Crippen molar-refractivity contribution < 1.29 is 14.3 Å². The molecular formula is C9H13N3O3. The van der Waals surface area contributed by atoms with Gasteiger partial charge in [0.25, 0.3) is 0 Å². The van der Waals surface area contributed by atoms with Crippen LogP contribution in [0.15, 0.2) is 24.5 Å². The predicted molar refractivity (Wildman–Crippen MR) is 54.2 cm³/mol. The van der Waals surface area contributed by atoms with Crippen LogP contribution in [0.2, 0.25) is 0 Å². The molecule has 0 aliphatic heterocycles. The second kappa shape index (κ2) is 6.61. The highest BCUT2D eigenvalue weighted by atomic mass is 16.6. The van der Waals surface area contributed by atoms with E-state index in [0.717, 1.165) is 0 Å². The zero-order valence-corrected chi connectivity index (χ0v) is 8.40. The van der Waals surface area contributed by atoms with E-state index in [4.69, 9.17) is 9.47 Å². The lowest BCUT2D eigenvalue weighted by molar-refractivity contribution is 0.0998. The molecule has 0 saturated heterocycles. The summed E-state index contributed by atoms with van der Waals surface area (Å²) in [6.45, 7) is 0.595. The highest BCUT2D eigenvalue weighted by Crippen LogP contribution is 1.99. The first kappa shape index (κ1) is 11.3. The fourth-order valence-corrected chi connectivity index (χ4v) is 0.814. The zero-order chi connectivity index (χ0) is 10.9. The summed E-state index contributed by atoms with van der Waals surface area (Å²) in [5.41, 5.74) is 5.68. The van der Waals surface area contributed by atoms with Gasteiger partial charge in [-0.15, -0.1) is 0 Å². The summed E-state index contributed by atoms with van der Waals surface area (Å²) in [6.07, 6.45) is 2.66. The Hall–Kier alpha value is -1.82. The van der Waals surface area contributed by atoms with E-state index in [9.17, 15) is 4.79 Å². The molecule has 1 rings (SSSR count). The van der Waals surface area contributed by atoms with Gasteiger partial charge < -0.3 is 9.47 Å². The van der Waals surface area contributed by atoms with E-state index in [0.29, 0.717) is 12.3 Å². The van der Waals surface area contributed by atoms with Gasteiger partial charge in [-0.25, -0.2) is 10.2 Å². The van der Waals surface area contributed by atoms with Crippen LogP contribution in [-0.4, -0.2) is 31.4 Å². The first-order valence-electron chi connectivity index (χ1n) is 4.40. The number of nitrogens with one attached hydrogen (secondary N) is 2. The standard InChI is InChI=1S/C9H13N3O3/c1-14-5-6-15-9(13)12-11-8-3-2-4-10-7-8/h2-4,7,11H,5-6H2,1H3,(H,12,13). The number of aromatic nitrogens is 1. The Morgan fingerprint density at radius 2 is 2.40 bits per heavy atom. The third kappa shape index (κ3) is 4.82. The molecule has 0 unspecified atom stereocenters. The molecular weight excluding hydrogens is 198 g/mol. The lowest BCUT2D eigenvalue weighted by Gasteiger charge is -2.08. The number of pyridine rings is 1. The summed E-state index contributed by atoms with van der Waals surface area (Å²) in [5, 5.41) is 0. The summed E-state index contributed by atoms with van der Waals surface area (Å²) < 4.78 is 9.47. The minimum atomic E-state index is -0.559. The Morgan fingerprint density at radius 1 is 1.53 bits per heavy atom. The maximum Gasteiger partial charge on any atom is 0.426 e. The van der Waals surface area contributed by atoms with Crippen molar-refractivity contribution in [2.24, 2.45) is 0 Å². The van der Waals surface area contributed by atoms with Crippen LogP contribution >= 0.6 is 0 Å². The zero-order valence-electron chi connectivity index (χ0n) is 8.40. The van der Waals surface area contributed by atoms with Gasteiger partial charge in [-0.3, -0.25) is 10.4 Å². The van der Waals surface area contributed by atoms with Crippen molar-refractivity contribution in [3.05, 3.63) is 24.5 Å². The average molecular weight is 211 g/mol. The molecule has 0 saturated carbocycles. The minimum Gasteiger partial charge on any atom is -0.446 e. The minimum absolute atomic E-state index is 0.219. The van der Waals surface area contributed by atoms with Gasteiger partial charge in [0.05, 0.1) is 18.5 Å². The van der Waals surface area contributed by atoms with Gasteiger partial charge in [0.1, 0.15) is 6.61 Å². The largest absolute Gasteiger partial charge is 0.446 e. The van der Waals surface area contributed by atoms with E-state index < -0.39 is 6.09 Å². The number of carbonyl (C=O) groups is 1. The van der Waals surface area contributed by atoms with Crippen molar-refractivity contribution >= 4 is 11.8 Å². The predicted octanol–water partition coefficient (Wildman–Crippen LogP) is 0.781. The number of rotatable bonds is 5. The molecule has 15 heavy (non-hydrogen) atoms. The van der Waals surface area contributed by atoms with Crippen LogP contribution in [0.5, 0.6) is 0 Å². The molecule has 0 fully saturated rings. The number of anilines is 1. The van der Waals surface area contributed by atoms with Gasteiger partial charge in [-0.1, -0.05) is 0 Å². The van der Waals surface area contributed by atoms with Crippen molar-refractivity contribution in [1.82, 2.24) is 10.4 Å². The Labute approximate surface area is 87.6 Å².